The van der Waals surface area contributed by atoms with E-state index < -0.39 is 10.0 Å². The highest BCUT2D eigenvalue weighted by Crippen LogP contribution is 2.32. The Hall–Kier alpha value is -2.24. The van der Waals surface area contributed by atoms with Crippen LogP contribution in [0.25, 0.3) is 10.2 Å². The molecule has 8 nitrogen and oxygen atoms in total. The van der Waals surface area contributed by atoms with Gasteiger partial charge in [-0.2, -0.15) is 4.31 Å². The van der Waals surface area contributed by atoms with E-state index in [1.807, 2.05) is 44.1 Å². The van der Waals surface area contributed by atoms with Gasteiger partial charge in [0, 0.05) is 31.2 Å². The first-order valence-corrected chi connectivity index (χ1v) is 14.5. The van der Waals surface area contributed by atoms with Crippen molar-refractivity contribution in [2.45, 2.75) is 43.5 Å². The summed E-state index contributed by atoms with van der Waals surface area (Å²) in [5, 5.41) is 0.598. The van der Waals surface area contributed by atoms with Crippen LogP contribution in [0.1, 0.15) is 43.0 Å². The summed E-state index contributed by atoms with van der Waals surface area (Å²) < 4.78 is 34.5. The topological polar surface area (TPSA) is 83.1 Å². The molecule has 1 aliphatic heterocycles. The van der Waals surface area contributed by atoms with E-state index in [0.717, 1.165) is 41.6 Å². The van der Waals surface area contributed by atoms with Crippen molar-refractivity contribution in [1.29, 1.82) is 0 Å². The summed E-state index contributed by atoms with van der Waals surface area (Å²) in [5.74, 6) is 0.524. The van der Waals surface area contributed by atoms with Crippen LogP contribution in [0.3, 0.4) is 0 Å². The molecule has 3 aromatic rings. The van der Waals surface area contributed by atoms with Crippen molar-refractivity contribution < 1.29 is 17.9 Å². The molecule has 1 fully saturated rings. The number of aromatic nitrogens is 1. The second-order valence-corrected chi connectivity index (χ2v) is 12.2. The molecule has 2 aromatic carbocycles. The van der Waals surface area contributed by atoms with Crippen LogP contribution < -0.4 is 9.64 Å². The number of methoxy groups -OCH3 is 1. The minimum absolute atomic E-state index is 0. The van der Waals surface area contributed by atoms with Gasteiger partial charge in [-0.05, 0) is 75.8 Å². The standard InChI is InChI=1S/C26H34N4O4S2.ClH/c1-5-20-8-6-7-15-30(20)36(32,33)22-12-9-19(10-13-22)25(31)29(17-16-28(2)3)26-27-23-14-11-21(34-4)18-24(23)35-26;/h9-14,18,20H,5-8,15-17H2,1-4H3;1H. The Morgan fingerprint density at radius 2 is 1.86 bits per heavy atom. The number of carbonyl (C=O) groups is 1. The summed E-state index contributed by atoms with van der Waals surface area (Å²) >= 11 is 1.43. The third kappa shape index (κ3) is 6.43. The number of ether oxygens (including phenoxy) is 1. The monoisotopic (exact) mass is 566 g/mol. The summed E-state index contributed by atoms with van der Waals surface area (Å²) in [7, 11) is 1.92. The molecule has 4 rings (SSSR count). The molecule has 1 unspecified atom stereocenters. The van der Waals surface area contributed by atoms with Crippen LogP contribution in [0.15, 0.2) is 47.4 Å². The van der Waals surface area contributed by atoms with Gasteiger partial charge in [-0.15, -0.1) is 12.4 Å². The lowest BCUT2D eigenvalue weighted by atomic mass is 10.0. The number of anilines is 1. The first kappa shape index (κ1) is 29.3. The fourth-order valence-electron chi connectivity index (χ4n) is 4.48. The van der Waals surface area contributed by atoms with Crippen molar-refractivity contribution in [3.63, 3.8) is 0 Å². The molecule has 11 heteroatoms. The second-order valence-electron chi connectivity index (χ2n) is 9.29. The molecular weight excluding hydrogens is 532 g/mol. The first-order chi connectivity index (χ1) is 17.2. The van der Waals surface area contributed by atoms with E-state index in [0.29, 0.717) is 30.3 Å². The van der Waals surface area contributed by atoms with Gasteiger partial charge < -0.3 is 9.64 Å². The van der Waals surface area contributed by atoms with Gasteiger partial charge in [-0.25, -0.2) is 13.4 Å². The van der Waals surface area contributed by atoms with Crippen LogP contribution in [-0.4, -0.2) is 75.4 Å². The van der Waals surface area contributed by atoms with Crippen LogP contribution in [-0.2, 0) is 10.0 Å². The maximum atomic E-state index is 13.6. The van der Waals surface area contributed by atoms with E-state index in [4.69, 9.17) is 9.72 Å². The number of sulfonamides is 1. The van der Waals surface area contributed by atoms with E-state index in [2.05, 4.69) is 0 Å². The zero-order valence-electron chi connectivity index (χ0n) is 21.7. The number of fused-ring (bicyclic) bond motifs is 1. The van der Waals surface area contributed by atoms with Gasteiger partial charge in [0.25, 0.3) is 5.91 Å². The normalized spacial score (nSPS) is 16.5. The average molecular weight is 567 g/mol. The van der Waals surface area contributed by atoms with Crippen LogP contribution in [0.2, 0.25) is 0 Å². The molecule has 0 spiro atoms. The van der Waals surface area contributed by atoms with Crippen molar-refractivity contribution in [2.24, 2.45) is 0 Å². The number of amides is 1. The van der Waals surface area contributed by atoms with Gasteiger partial charge >= 0.3 is 0 Å². The Kier molecular flexibility index (Phi) is 9.93. The summed E-state index contributed by atoms with van der Waals surface area (Å²) in [5.41, 5.74) is 1.22. The molecule has 1 aromatic heterocycles. The number of likely N-dealkylation sites (N-methyl/N-ethyl adjacent to an activating group) is 1. The summed E-state index contributed by atoms with van der Waals surface area (Å²) in [6.45, 7) is 3.68. The van der Waals surface area contributed by atoms with Gasteiger partial charge in [-0.3, -0.25) is 9.69 Å². The zero-order valence-corrected chi connectivity index (χ0v) is 24.2. The van der Waals surface area contributed by atoms with Crippen LogP contribution in [0.5, 0.6) is 5.75 Å². The Bertz CT molecular complexity index is 1310. The highest BCUT2D eigenvalue weighted by Gasteiger charge is 2.32. The van der Waals surface area contributed by atoms with Crippen molar-refractivity contribution in [3.05, 3.63) is 48.0 Å². The first-order valence-electron chi connectivity index (χ1n) is 12.3. The number of hydrogen-bond acceptors (Lipinski definition) is 7. The second kappa shape index (κ2) is 12.5. The minimum Gasteiger partial charge on any atom is -0.497 e. The van der Waals surface area contributed by atoms with Crippen LogP contribution >= 0.6 is 23.7 Å². The van der Waals surface area contributed by atoms with E-state index in [9.17, 15) is 13.2 Å². The number of halogens is 1. The molecule has 37 heavy (non-hydrogen) atoms. The number of nitrogens with zero attached hydrogens (tertiary/aromatic N) is 4. The highest BCUT2D eigenvalue weighted by atomic mass is 35.5. The molecule has 202 valence electrons. The van der Waals surface area contributed by atoms with E-state index >= 15 is 0 Å². The van der Waals surface area contributed by atoms with Gasteiger partial charge in [-0.1, -0.05) is 24.7 Å². The highest BCUT2D eigenvalue weighted by molar-refractivity contribution is 7.89. The average Bonchev–Trinajstić information content (AvgIpc) is 3.31. The molecule has 0 aliphatic carbocycles. The third-order valence-electron chi connectivity index (χ3n) is 6.58. The molecule has 1 atom stereocenters. The molecule has 0 radical (unpaired) electrons. The lowest BCUT2D eigenvalue weighted by molar-refractivity contribution is 0.0985. The van der Waals surface area contributed by atoms with E-state index in [1.54, 1.807) is 40.6 Å². The maximum Gasteiger partial charge on any atom is 0.260 e. The molecule has 2 heterocycles. The molecule has 1 aliphatic rings. The molecular formula is C26H35ClN4O4S2. The SMILES string of the molecule is CCC1CCCCN1S(=O)(=O)c1ccc(C(=O)N(CCN(C)C)c2nc3ccc(OC)cc3s2)cc1.Cl. The Labute approximate surface area is 229 Å². The van der Waals surface area contributed by atoms with Crippen molar-refractivity contribution in [2.75, 3.05) is 45.7 Å². The van der Waals surface area contributed by atoms with Crippen LogP contribution in [0.4, 0.5) is 5.13 Å². The molecule has 0 saturated carbocycles. The molecule has 1 amide bonds. The van der Waals surface area contributed by atoms with Crippen molar-refractivity contribution in [3.8, 4) is 5.75 Å². The summed E-state index contributed by atoms with van der Waals surface area (Å²) in [6.07, 6.45) is 3.62. The number of thiazole rings is 1. The quantitative estimate of drug-likeness (QED) is 0.367. The lowest BCUT2D eigenvalue weighted by Gasteiger charge is -2.34. The van der Waals surface area contributed by atoms with Crippen LogP contribution in [0, 0.1) is 0 Å². The maximum absolute atomic E-state index is 13.6. The number of piperidine rings is 1. The summed E-state index contributed by atoms with van der Waals surface area (Å²) in [6, 6.07) is 12.0. The zero-order chi connectivity index (χ0) is 25.9. The number of hydrogen-bond donors (Lipinski definition) is 0. The van der Waals surface area contributed by atoms with Crippen molar-refractivity contribution in [1.82, 2.24) is 14.2 Å². The fraction of sp³-hybridized carbons (Fsp3) is 0.462. The molecule has 0 bridgehead atoms. The Morgan fingerprint density at radius 1 is 1.14 bits per heavy atom. The van der Waals surface area contributed by atoms with Crippen molar-refractivity contribution >= 4 is 55.0 Å². The van der Waals surface area contributed by atoms with E-state index in [1.165, 1.54) is 11.3 Å². The fourth-order valence-corrected chi connectivity index (χ4v) is 7.26. The summed E-state index contributed by atoms with van der Waals surface area (Å²) in [4.78, 5) is 22.2. The number of benzene rings is 2. The van der Waals surface area contributed by atoms with Gasteiger partial charge in [0.15, 0.2) is 5.13 Å². The Morgan fingerprint density at radius 3 is 2.51 bits per heavy atom. The van der Waals surface area contributed by atoms with Gasteiger partial charge in [0.1, 0.15) is 5.75 Å². The predicted molar refractivity (Wildman–Crippen MR) is 152 cm³/mol. The smallest absolute Gasteiger partial charge is 0.260 e. The molecule has 1 saturated heterocycles. The van der Waals surface area contributed by atoms with E-state index in [-0.39, 0.29) is 29.3 Å². The number of rotatable bonds is 9. The predicted octanol–water partition coefficient (Wildman–Crippen LogP) is 4.89. The lowest BCUT2D eigenvalue weighted by Crippen LogP contribution is -2.43. The third-order valence-corrected chi connectivity index (χ3v) is 9.59. The van der Waals surface area contributed by atoms with Gasteiger partial charge in [0.05, 0.1) is 22.2 Å². The van der Waals surface area contributed by atoms with Gasteiger partial charge in [0.2, 0.25) is 10.0 Å². The largest absolute Gasteiger partial charge is 0.497 e. The Balaban J connectivity index is 0.00000380. The minimum atomic E-state index is -3.60. The molecule has 0 N–H and O–H groups in total. The number of carbonyl (C=O) groups excluding carboxylic acids is 1.